The average molecular weight is 297 g/mol. The summed E-state index contributed by atoms with van der Waals surface area (Å²) in [5, 5.41) is 3.11. The predicted molar refractivity (Wildman–Crippen MR) is 90.8 cm³/mol. The zero-order chi connectivity index (χ0) is 16.1. The van der Waals surface area contributed by atoms with Crippen LogP contribution in [0.15, 0.2) is 48.5 Å². The normalized spacial score (nSPS) is 12.2. The van der Waals surface area contributed by atoms with E-state index in [9.17, 15) is 4.79 Å². The quantitative estimate of drug-likeness (QED) is 0.834. The number of carbonyl (C=O) groups excluding carboxylic acids is 1. The number of rotatable bonds is 5. The Bertz CT molecular complexity index is 638. The second-order valence-electron chi connectivity index (χ2n) is 5.77. The summed E-state index contributed by atoms with van der Waals surface area (Å²) in [6.45, 7) is 2.65. The monoisotopic (exact) mass is 297 g/mol. The molecule has 1 atom stereocenters. The van der Waals surface area contributed by atoms with Crippen LogP contribution in [0.25, 0.3) is 0 Å². The van der Waals surface area contributed by atoms with Crippen LogP contribution in [0.3, 0.4) is 0 Å². The van der Waals surface area contributed by atoms with E-state index in [1.807, 2.05) is 57.4 Å². The van der Waals surface area contributed by atoms with Gasteiger partial charge in [0.2, 0.25) is 0 Å². The van der Waals surface area contributed by atoms with Crippen LogP contribution < -0.4 is 11.1 Å². The van der Waals surface area contributed by atoms with Crippen molar-refractivity contribution in [2.75, 3.05) is 26.4 Å². The molecule has 0 spiro atoms. The summed E-state index contributed by atoms with van der Waals surface area (Å²) in [6, 6.07) is 15.3. The number of nitrogens with two attached hydrogens (primary N) is 1. The Kier molecular flexibility index (Phi) is 5.17. The summed E-state index contributed by atoms with van der Waals surface area (Å²) in [6.07, 6.45) is 0. The SMILES string of the molecule is Cc1ccc(N)cc1C(=O)NC(CN(C)C)c1ccccc1. The van der Waals surface area contributed by atoms with Crippen molar-refractivity contribution < 1.29 is 4.79 Å². The first-order chi connectivity index (χ1) is 10.5. The maximum atomic E-state index is 12.6. The van der Waals surface area contributed by atoms with Crippen LogP contribution >= 0.6 is 0 Å². The molecule has 0 aliphatic heterocycles. The van der Waals surface area contributed by atoms with Gasteiger partial charge in [-0.05, 0) is 44.3 Å². The smallest absolute Gasteiger partial charge is 0.252 e. The van der Waals surface area contributed by atoms with E-state index in [4.69, 9.17) is 5.73 Å². The van der Waals surface area contributed by atoms with Crippen molar-refractivity contribution in [3.8, 4) is 0 Å². The van der Waals surface area contributed by atoms with Crippen molar-refractivity contribution in [2.45, 2.75) is 13.0 Å². The lowest BCUT2D eigenvalue weighted by atomic mass is 10.0. The first-order valence-corrected chi connectivity index (χ1v) is 7.34. The predicted octanol–water partition coefficient (Wildman–Crippen LogP) is 2.61. The van der Waals surface area contributed by atoms with Crippen molar-refractivity contribution >= 4 is 11.6 Å². The van der Waals surface area contributed by atoms with Gasteiger partial charge in [0.15, 0.2) is 0 Å². The highest BCUT2D eigenvalue weighted by atomic mass is 16.1. The second kappa shape index (κ2) is 7.09. The van der Waals surface area contributed by atoms with Crippen LogP contribution in [0.4, 0.5) is 5.69 Å². The third-order valence-corrected chi connectivity index (χ3v) is 3.56. The molecule has 0 aromatic heterocycles. The average Bonchev–Trinajstić information content (AvgIpc) is 2.49. The number of nitrogens with one attached hydrogen (secondary N) is 1. The summed E-state index contributed by atoms with van der Waals surface area (Å²) in [7, 11) is 3.99. The summed E-state index contributed by atoms with van der Waals surface area (Å²) < 4.78 is 0. The van der Waals surface area contributed by atoms with E-state index in [1.54, 1.807) is 12.1 Å². The molecule has 22 heavy (non-hydrogen) atoms. The molecule has 0 saturated heterocycles. The Labute approximate surface area is 131 Å². The Morgan fingerprint density at radius 2 is 1.86 bits per heavy atom. The van der Waals surface area contributed by atoms with Gasteiger partial charge in [0.1, 0.15) is 0 Å². The molecule has 4 heteroatoms. The molecule has 0 heterocycles. The molecule has 0 fully saturated rings. The molecule has 0 bridgehead atoms. The van der Waals surface area contributed by atoms with Crippen LogP contribution in [0.2, 0.25) is 0 Å². The number of hydrogen-bond donors (Lipinski definition) is 2. The van der Waals surface area contributed by atoms with Crippen molar-refractivity contribution in [3.05, 3.63) is 65.2 Å². The molecule has 4 nitrogen and oxygen atoms in total. The summed E-state index contributed by atoms with van der Waals surface area (Å²) in [5.41, 5.74) is 9.03. The molecule has 1 unspecified atom stereocenters. The van der Waals surface area contributed by atoms with Gasteiger partial charge < -0.3 is 16.0 Å². The van der Waals surface area contributed by atoms with Crippen molar-refractivity contribution in [1.82, 2.24) is 10.2 Å². The zero-order valence-electron chi connectivity index (χ0n) is 13.3. The van der Waals surface area contributed by atoms with Gasteiger partial charge in [-0.2, -0.15) is 0 Å². The number of nitrogen functional groups attached to an aromatic ring is 1. The number of carbonyl (C=O) groups is 1. The number of hydrogen-bond acceptors (Lipinski definition) is 3. The maximum Gasteiger partial charge on any atom is 0.252 e. The third kappa shape index (κ3) is 4.09. The summed E-state index contributed by atoms with van der Waals surface area (Å²) in [4.78, 5) is 14.7. The highest BCUT2D eigenvalue weighted by Gasteiger charge is 2.17. The summed E-state index contributed by atoms with van der Waals surface area (Å²) in [5.74, 6) is -0.0968. The molecule has 3 N–H and O–H groups in total. The van der Waals surface area contributed by atoms with E-state index in [2.05, 4.69) is 10.2 Å². The Balaban J connectivity index is 2.23. The van der Waals surface area contributed by atoms with Crippen molar-refractivity contribution in [1.29, 1.82) is 0 Å². The lowest BCUT2D eigenvalue weighted by Gasteiger charge is -2.23. The minimum atomic E-state index is -0.0968. The molecule has 0 aliphatic rings. The lowest BCUT2D eigenvalue weighted by Crippen LogP contribution is -2.35. The Hall–Kier alpha value is -2.33. The standard InChI is InChI=1S/C18H23N3O/c1-13-9-10-15(19)11-16(13)18(22)20-17(12-21(2)3)14-7-5-4-6-8-14/h4-11,17H,12,19H2,1-3H3,(H,20,22). The van der Waals surface area contributed by atoms with Crippen molar-refractivity contribution in [3.63, 3.8) is 0 Å². The molecule has 2 aromatic rings. The number of benzene rings is 2. The first-order valence-electron chi connectivity index (χ1n) is 7.34. The number of likely N-dealkylation sites (N-methyl/N-ethyl adjacent to an activating group) is 1. The van der Waals surface area contributed by atoms with E-state index < -0.39 is 0 Å². The molecule has 0 aliphatic carbocycles. The molecule has 2 aromatic carbocycles. The van der Waals surface area contributed by atoms with Gasteiger partial charge in [-0.1, -0.05) is 36.4 Å². The van der Waals surface area contributed by atoms with Crippen LogP contribution in [-0.2, 0) is 0 Å². The highest BCUT2D eigenvalue weighted by Crippen LogP contribution is 2.17. The van der Waals surface area contributed by atoms with Gasteiger partial charge in [0, 0.05) is 17.8 Å². The minimum absolute atomic E-state index is 0.0652. The largest absolute Gasteiger partial charge is 0.399 e. The fourth-order valence-electron chi connectivity index (χ4n) is 2.41. The van der Waals surface area contributed by atoms with Crippen LogP contribution in [-0.4, -0.2) is 31.4 Å². The van der Waals surface area contributed by atoms with E-state index in [-0.39, 0.29) is 11.9 Å². The van der Waals surface area contributed by atoms with Crippen LogP contribution in [0.1, 0.15) is 27.5 Å². The molecular formula is C18H23N3O. The Morgan fingerprint density at radius 3 is 2.50 bits per heavy atom. The van der Waals surface area contributed by atoms with Crippen LogP contribution in [0, 0.1) is 6.92 Å². The number of nitrogens with zero attached hydrogens (tertiary/aromatic N) is 1. The fraction of sp³-hybridized carbons (Fsp3) is 0.278. The summed E-state index contributed by atoms with van der Waals surface area (Å²) >= 11 is 0. The lowest BCUT2D eigenvalue weighted by molar-refractivity contribution is 0.0929. The third-order valence-electron chi connectivity index (χ3n) is 3.56. The topological polar surface area (TPSA) is 58.4 Å². The van der Waals surface area contributed by atoms with E-state index in [0.29, 0.717) is 11.3 Å². The van der Waals surface area contributed by atoms with Gasteiger partial charge >= 0.3 is 0 Å². The fourth-order valence-corrected chi connectivity index (χ4v) is 2.41. The van der Waals surface area contributed by atoms with Crippen molar-refractivity contribution in [2.24, 2.45) is 0 Å². The number of anilines is 1. The van der Waals surface area contributed by atoms with Gasteiger partial charge in [0.05, 0.1) is 6.04 Å². The van der Waals surface area contributed by atoms with Crippen LogP contribution in [0.5, 0.6) is 0 Å². The molecular weight excluding hydrogens is 274 g/mol. The van der Waals surface area contributed by atoms with Gasteiger partial charge in [0.25, 0.3) is 5.91 Å². The second-order valence-corrected chi connectivity index (χ2v) is 5.77. The van der Waals surface area contributed by atoms with Gasteiger partial charge in [-0.15, -0.1) is 0 Å². The molecule has 116 valence electrons. The Morgan fingerprint density at radius 1 is 1.18 bits per heavy atom. The molecule has 0 radical (unpaired) electrons. The first kappa shape index (κ1) is 16.0. The van der Waals surface area contributed by atoms with E-state index >= 15 is 0 Å². The minimum Gasteiger partial charge on any atom is -0.399 e. The van der Waals surface area contributed by atoms with Gasteiger partial charge in [-0.3, -0.25) is 4.79 Å². The zero-order valence-corrected chi connectivity index (χ0v) is 13.3. The molecule has 2 rings (SSSR count). The highest BCUT2D eigenvalue weighted by molar-refractivity contribution is 5.96. The van der Waals surface area contributed by atoms with E-state index in [1.165, 1.54) is 0 Å². The van der Waals surface area contributed by atoms with Gasteiger partial charge in [-0.25, -0.2) is 0 Å². The number of aryl methyl sites for hydroxylation is 1. The molecule has 0 saturated carbocycles. The number of amides is 1. The molecule has 1 amide bonds. The van der Waals surface area contributed by atoms with E-state index in [0.717, 1.165) is 17.7 Å². The maximum absolute atomic E-state index is 12.6.